The van der Waals surface area contributed by atoms with E-state index in [2.05, 4.69) is 47.1 Å². The van der Waals surface area contributed by atoms with E-state index in [4.69, 9.17) is 10.00 Å². The monoisotopic (exact) mass is 292 g/mol. The molecule has 0 aliphatic carbocycles. The summed E-state index contributed by atoms with van der Waals surface area (Å²) < 4.78 is 5.14. The Morgan fingerprint density at radius 2 is 2.10 bits per heavy atom. The fourth-order valence-corrected chi connectivity index (χ4v) is 1.79. The Morgan fingerprint density at radius 3 is 2.67 bits per heavy atom. The molecule has 0 atom stereocenters. The highest BCUT2D eigenvalue weighted by Gasteiger charge is 2.15. The Kier molecular flexibility index (Phi) is 7.23. The van der Waals surface area contributed by atoms with E-state index < -0.39 is 0 Å². The molecule has 0 aliphatic heterocycles. The maximum absolute atomic E-state index is 8.80. The molecule has 116 valence electrons. The zero-order chi connectivity index (χ0) is 15.7. The first kappa shape index (κ1) is 17.0. The largest absolute Gasteiger partial charge is 0.467 e. The van der Waals surface area contributed by atoms with E-state index in [9.17, 15) is 0 Å². The van der Waals surface area contributed by atoms with Gasteiger partial charge in [-0.15, -0.1) is 0 Å². The lowest BCUT2D eigenvalue weighted by molar-refractivity contribution is 0.378. The van der Waals surface area contributed by atoms with Gasteiger partial charge in [0.25, 0.3) is 0 Å². The van der Waals surface area contributed by atoms with Crippen molar-refractivity contribution in [3.05, 3.63) is 0 Å². The summed E-state index contributed by atoms with van der Waals surface area (Å²) >= 11 is 0. The lowest BCUT2D eigenvalue weighted by Crippen LogP contribution is -2.30. The third-order valence-electron chi connectivity index (χ3n) is 2.68. The number of nitriles is 1. The highest BCUT2D eigenvalue weighted by molar-refractivity contribution is 5.38. The van der Waals surface area contributed by atoms with E-state index in [0.29, 0.717) is 30.8 Å². The molecule has 0 fully saturated rings. The average Bonchev–Trinajstić information content (AvgIpc) is 2.48. The summed E-state index contributed by atoms with van der Waals surface area (Å²) in [5, 5.41) is 11.9. The summed E-state index contributed by atoms with van der Waals surface area (Å²) in [6, 6.07) is 2.44. The number of hydrogen-bond donors (Lipinski definition) is 1. The fourth-order valence-electron chi connectivity index (χ4n) is 1.79. The SMILES string of the molecule is CCCNc1nc(OC)nc(N(CCC#N)CC(C)C)n1. The van der Waals surface area contributed by atoms with Crippen LogP contribution in [-0.4, -0.2) is 41.7 Å². The van der Waals surface area contributed by atoms with Crippen LogP contribution >= 0.6 is 0 Å². The number of anilines is 2. The number of methoxy groups -OCH3 is 1. The van der Waals surface area contributed by atoms with Gasteiger partial charge in [-0.1, -0.05) is 20.8 Å². The van der Waals surface area contributed by atoms with Gasteiger partial charge in [0.05, 0.1) is 19.6 Å². The quantitative estimate of drug-likeness (QED) is 0.745. The number of nitrogens with zero attached hydrogens (tertiary/aromatic N) is 5. The van der Waals surface area contributed by atoms with Crippen LogP contribution in [0.3, 0.4) is 0 Å². The number of ether oxygens (including phenoxy) is 1. The van der Waals surface area contributed by atoms with Gasteiger partial charge in [-0.05, 0) is 12.3 Å². The maximum Gasteiger partial charge on any atom is 0.322 e. The van der Waals surface area contributed by atoms with Crippen molar-refractivity contribution in [1.82, 2.24) is 15.0 Å². The fraction of sp³-hybridized carbons (Fsp3) is 0.714. The van der Waals surface area contributed by atoms with Crippen molar-refractivity contribution in [3.63, 3.8) is 0 Å². The van der Waals surface area contributed by atoms with E-state index in [-0.39, 0.29) is 6.01 Å². The van der Waals surface area contributed by atoms with Crippen molar-refractivity contribution in [2.45, 2.75) is 33.6 Å². The standard InChI is InChI=1S/C14H24N6O/c1-5-8-16-12-17-13(19-14(18-12)21-4)20(9-6-7-15)10-11(2)3/h11H,5-6,8-10H2,1-4H3,(H,16,17,18,19). The van der Waals surface area contributed by atoms with Gasteiger partial charge in [0.15, 0.2) is 0 Å². The van der Waals surface area contributed by atoms with Crippen LogP contribution in [0.1, 0.15) is 33.6 Å². The molecule has 0 aromatic carbocycles. The number of hydrogen-bond acceptors (Lipinski definition) is 7. The second-order valence-electron chi connectivity index (χ2n) is 5.12. The highest BCUT2D eigenvalue weighted by atomic mass is 16.5. The first-order valence-electron chi connectivity index (χ1n) is 7.26. The van der Waals surface area contributed by atoms with Crippen LogP contribution in [-0.2, 0) is 0 Å². The average molecular weight is 292 g/mol. The van der Waals surface area contributed by atoms with E-state index in [0.717, 1.165) is 19.5 Å². The van der Waals surface area contributed by atoms with Crippen LogP contribution in [0.25, 0.3) is 0 Å². The molecule has 0 saturated carbocycles. The van der Waals surface area contributed by atoms with Gasteiger partial charge in [-0.3, -0.25) is 0 Å². The summed E-state index contributed by atoms with van der Waals surface area (Å²) in [5.74, 6) is 1.49. The Bertz CT molecular complexity index is 471. The van der Waals surface area contributed by atoms with Crippen LogP contribution in [0, 0.1) is 17.2 Å². The molecule has 1 heterocycles. The third kappa shape index (κ3) is 5.81. The molecule has 0 saturated heterocycles. The summed E-state index contributed by atoms with van der Waals surface area (Å²) in [6.07, 6.45) is 1.41. The highest BCUT2D eigenvalue weighted by Crippen LogP contribution is 2.16. The zero-order valence-corrected chi connectivity index (χ0v) is 13.3. The molecule has 0 radical (unpaired) electrons. The van der Waals surface area contributed by atoms with Crippen LogP contribution in [0.2, 0.25) is 0 Å². The van der Waals surface area contributed by atoms with Crippen molar-refractivity contribution < 1.29 is 4.74 Å². The topological polar surface area (TPSA) is 87.0 Å². The molecular weight excluding hydrogens is 268 g/mol. The molecular formula is C14H24N6O. The molecule has 21 heavy (non-hydrogen) atoms. The normalized spacial score (nSPS) is 10.3. The minimum absolute atomic E-state index is 0.282. The minimum Gasteiger partial charge on any atom is -0.467 e. The molecule has 0 spiro atoms. The van der Waals surface area contributed by atoms with Crippen molar-refractivity contribution in [3.8, 4) is 12.1 Å². The zero-order valence-electron chi connectivity index (χ0n) is 13.3. The van der Waals surface area contributed by atoms with E-state index >= 15 is 0 Å². The van der Waals surface area contributed by atoms with Gasteiger partial charge in [-0.2, -0.15) is 20.2 Å². The lowest BCUT2D eigenvalue weighted by atomic mass is 10.2. The molecule has 0 unspecified atom stereocenters. The van der Waals surface area contributed by atoms with Crippen molar-refractivity contribution in [2.24, 2.45) is 5.92 Å². The molecule has 0 bridgehead atoms. The number of aromatic nitrogens is 3. The van der Waals surface area contributed by atoms with Gasteiger partial charge in [0, 0.05) is 19.6 Å². The van der Waals surface area contributed by atoms with E-state index in [1.165, 1.54) is 7.11 Å². The summed E-state index contributed by atoms with van der Waals surface area (Å²) in [7, 11) is 1.53. The van der Waals surface area contributed by atoms with Gasteiger partial charge in [0.2, 0.25) is 11.9 Å². The van der Waals surface area contributed by atoms with Crippen molar-refractivity contribution in [2.75, 3.05) is 37.0 Å². The smallest absolute Gasteiger partial charge is 0.322 e. The molecule has 7 heteroatoms. The molecule has 0 amide bonds. The first-order valence-corrected chi connectivity index (χ1v) is 7.26. The minimum atomic E-state index is 0.282. The van der Waals surface area contributed by atoms with Gasteiger partial charge >= 0.3 is 6.01 Å². The lowest BCUT2D eigenvalue weighted by Gasteiger charge is -2.24. The predicted octanol–water partition coefficient (Wildman–Crippen LogP) is 2.08. The number of rotatable bonds is 9. The Labute approximate surface area is 126 Å². The predicted molar refractivity (Wildman–Crippen MR) is 82.4 cm³/mol. The maximum atomic E-state index is 8.80. The summed E-state index contributed by atoms with van der Waals surface area (Å²) in [6.45, 7) is 8.47. The molecule has 0 aliphatic rings. The van der Waals surface area contributed by atoms with Crippen LogP contribution < -0.4 is 15.0 Å². The second-order valence-corrected chi connectivity index (χ2v) is 5.12. The van der Waals surface area contributed by atoms with Gasteiger partial charge in [-0.25, -0.2) is 0 Å². The van der Waals surface area contributed by atoms with Crippen LogP contribution in [0.5, 0.6) is 6.01 Å². The molecule has 1 aromatic rings. The molecule has 1 rings (SSSR count). The number of nitrogens with one attached hydrogen (secondary N) is 1. The first-order chi connectivity index (χ1) is 10.1. The second kappa shape index (κ2) is 8.95. The van der Waals surface area contributed by atoms with Crippen LogP contribution in [0.4, 0.5) is 11.9 Å². The van der Waals surface area contributed by atoms with Gasteiger partial charge in [0.1, 0.15) is 0 Å². The van der Waals surface area contributed by atoms with Crippen molar-refractivity contribution in [1.29, 1.82) is 5.26 Å². The Morgan fingerprint density at radius 1 is 1.33 bits per heavy atom. The summed E-state index contributed by atoms with van der Waals surface area (Å²) in [5.41, 5.74) is 0. The van der Waals surface area contributed by atoms with Crippen molar-refractivity contribution >= 4 is 11.9 Å². The molecule has 1 aromatic heterocycles. The Balaban J connectivity index is 3.00. The third-order valence-corrected chi connectivity index (χ3v) is 2.68. The van der Waals surface area contributed by atoms with Gasteiger partial charge < -0.3 is 15.0 Å². The Hall–Kier alpha value is -2.10. The molecule has 7 nitrogen and oxygen atoms in total. The molecule has 1 N–H and O–H groups in total. The summed E-state index contributed by atoms with van der Waals surface area (Å²) in [4.78, 5) is 14.9. The van der Waals surface area contributed by atoms with E-state index in [1.54, 1.807) is 0 Å². The van der Waals surface area contributed by atoms with Crippen LogP contribution in [0.15, 0.2) is 0 Å². The van der Waals surface area contributed by atoms with E-state index in [1.807, 2.05) is 4.90 Å².